The van der Waals surface area contributed by atoms with Gasteiger partial charge in [0.15, 0.2) is 5.58 Å². The minimum absolute atomic E-state index is 0.472. The molecule has 86 valence electrons. The first-order valence-corrected chi connectivity index (χ1v) is 5.41. The van der Waals surface area contributed by atoms with Gasteiger partial charge in [0.1, 0.15) is 5.52 Å². The lowest BCUT2D eigenvalue weighted by atomic mass is 10.3. The highest BCUT2D eigenvalue weighted by molar-refractivity contribution is 5.76. The molecular weight excluding hydrogens is 202 g/mol. The third kappa shape index (κ3) is 2.17. The van der Waals surface area contributed by atoms with Gasteiger partial charge in [-0.2, -0.15) is 0 Å². The van der Waals surface area contributed by atoms with Crippen LogP contribution in [0.4, 0.5) is 5.69 Å². The summed E-state index contributed by atoms with van der Waals surface area (Å²) in [6, 6.07) is 5.98. The third-order valence-corrected chi connectivity index (χ3v) is 2.72. The number of oxazole rings is 1. The molecule has 2 aromatic rings. The molecule has 1 aromatic heterocycles. The van der Waals surface area contributed by atoms with E-state index in [4.69, 9.17) is 10.2 Å². The van der Waals surface area contributed by atoms with Gasteiger partial charge in [0.05, 0.1) is 6.54 Å². The lowest BCUT2D eigenvalue weighted by Gasteiger charge is -2.18. The average Bonchev–Trinajstić information content (AvgIpc) is 2.58. The Hall–Kier alpha value is -1.55. The number of nitrogen functional groups attached to an aromatic ring is 1. The summed E-state index contributed by atoms with van der Waals surface area (Å²) in [5.41, 5.74) is 8.02. The highest BCUT2D eigenvalue weighted by atomic mass is 16.3. The van der Waals surface area contributed by atoms with Crippen molar-refractivity contribution in [2.24, 2.45) is 0 Å². The zero-order valence-electron chi connectivity index (χ0n) is 9.90. The topological polar surface area (TPSA) is 55.3 Å². The van der Waals surface area contributed by atoms with Crippen molar-refractivity contribution < 1.29 is 4.42 Å². The first-order chi connectivity index (χ1) is 7.56. The Morgan fingerprint density at radius 2 is 2.19 bits per heavy atom. The fraction of sp³-hybridized carbons (Fsp3) is 0.417. The SMILES string of the molecule is CC(C)N(C)Cc1nc2cc(N)ccc2o1. The van der Waals surface area contributed by atoms with Crippen LogP contribution in [-0.2, 0) is 6.54 Å². The average molecular weight is 219 g/mol. The predicted molar refractivity (Wildman–Crippen MR) is 65.0 cm³/mol. The van der Waals surface area contributed by atoms with Crippen LogP contribution in [-0.4, -0.2) is 23.0 Å². The van der Waals surface area contributed by atoms with E-state index in [-0.39, 0.29) is 0 Å². The molecule has 4 heteroatoms. The van der Waals surface area contributed by atoms with Crippen molar-refractivity contribution in [2.75, 3.05) is 12.8 Å². The molecule has 0 amide bonds. The molecule has 0 unspecified atom stereocenters. The Labute approximate surface area is 95.1 Å². The highest BCUT2D eigenvalue weighted by Gasteiger charge is 2.10. The quantitative estimate of drug-likeness (QED) is 0.804. The predicted octanol–water partition coefficient (Wildman–Crippen LogP) is 2.25. The van der Waals surface area contributed by atoms with E-state index in [1.165, 1.54) is 0 Å². The molecule has 0 spiro atoms. The van der Waals surface area contributed by atoms with E-state index in [0.29, 0.717) is 18.3 Å². The van der Waals surface area contributed by atoms with Gasteiger partial charge in [-0.05, 0) is 39.1 Å². The molecular formula is C12H17N3O. The Kier molecular flexibility index (Phi) is 2.83. The van der Waals surface area contributed by atoms with Crippen molar-refractivity contribution in [3.63, 3.8) is 0 Å². The summed E-state index contributed by atoms with van der Waals surface area (Å²) in [7, 11) is 2.05. The van der Waals surface area contributed by atoms with E-state index in [1.54, 1.807) is 0 Å². The Balaban J connectivity index is 2.26. The second kappa shape index (κ2) is 4.14. The summed E-state index contributed by atoms with van der Waals surface area (Å²) in [5, 5.41) is 0. The third-order valence-electron chi connectivity index (χ3n) is 2.72. The zero-order valence-corrected chi connectivity index (χ0v) is 9.90. The smallest absolute Gasteiger partial charge is 0.209 e. The fourth-order valence-electron chi connectivity index (χ4n) is 1.46. The number of anilines is 1. The summed E-state index contributed by atoms with van der Waals surface area (Å²) in [4.78, 5) is 6.58. The van der Waals surface area contributed by atoms with Crippen molar-refractivity contribution in [2.45, 2.75) is 26.4 Å². The van der Waals surface area contributed by atoms with Gasteiger partial charge < -0.3 is 10.2 Å². The van der Waals surface area contributed by atoms with Gasteiger partial charge >= 0.3 is 0 Å². The number of nitrogens with zero attached hydrogens (tertiary/aromatic N) is 2. The molecule has 0 aliphatic rings. The van der Waals surface area contributed by atoms with Crippen LogP contribution in [0.3, 0.4) is 0 Å². The van der Waals surface area contributed by atoms with E-state index in [2.05, 4.69) is 23.7 Å². The van der Waals surface area contributed by atoms with Crippen LogP contribution in [0.5, 0.6) is 0 Å². The lowest BCUT2D eigenvalue weighted by Crippen LogP contribution is -2.25. The Morgan fingerprint density at radius 3 is 2.88 bits per heavy atom. The van der Waals surface area contributed by atoms with Crippen LogP contribution >= 0.6 is 0 Å². The molecule has 0 radical (unpaired) electrons. The number of hydrogen-bond donors (Lipinski definition) is 1. The lowest BCUT2D eigenvalue weighted by molar-refractivity contribution is 0.241. The van der Waals surface area contributed by atoms with Crippen molar-refractivity contribution in [3.05, 3.63) is 24.1 Å². The van der Waals surface area contributed by atoms with Crippen molar-refractivity contribution >= 4 is 16.8 Å². The first kappa shape index (κ1) is 11.0. The largest absolute Gasteiger partial charge is 0.439 e. The molecule has 0 atom stereocenters. The molecule has 0 aliphatic heterocycles. The number of rotatable bonds is 3. The highest BCUT2D eigenvalue weighted by Crippen LogP contribution is 2.19. The summed E-state index contributed by atoms with van der Waals surface area (Å²) < 4.78 is 5.64. The van der Waals surface area contributed by atoms with Gasteiger partial charge in [-0.15, -0.1) is 0 Å². The van der Waals surface area contributed by atoms with Crippen molar-refractivity contribution in [3.8, 4) is 0 Å². The second-order valence-corrected chi connectivity index (χ2v) is 4.34. The molecule has 0 aliphatic carbocycles. The van der Waals surface area contributed by atoms with Crippen LogP contribution in [0, 0.1) is 0 Å². The molecule has 1 aromatic carbocycles. The Morgan fingerprint density at radius 1 is 1.44 bits per heavy atom. The summed E-state index contributed by atoms with van der Waals surface area (Å²) in [6.45, 7) is 4.99. The molecule has 4 nitrogen and oxygen atoms in total. The number of hydrogen-bond acceptors (Lipinski definition) is 4. The van der Waals surface area contributed by atoms with E-state index in [1.807, 2.05) is 25.2 Å². The van der Waals surface area contributed by atoms with E-state index >= 15 is 0 Å². The number of nitrogens with two attached hydrogens (primary N) is 1. The van der Waals surface area contributed by atoms with Gasteiger partial charge in [0, 0.05) is 11.7 Å². The maximum atomic E-state index is 5.69. The van der Waals surface area contributed by atoms with Crippen LogP contribution in [0.15, 0.2) is 22.6 Å². The van der Waals surface area contributed by atoms with E-state index in [9.17, 15) is 0 Å². The monoisotopic (exact) mass is 219 g/mol. The van der Waals surface area contributed by atoms with Crippen LogP contribution in [0.2, 0.25) is 0 Å². The summed E-state index contributed by atoms with van der Waals surface area (Å²) >= 11 is 0. The number of benzene rings is 1. The van der Waals surface area contributed by atoms with Gasteiger partial charge in [-0.3, -0.25) is 4.90 Å². The molecule has 0 saturated heterocycles. The van der Waals surface area contributed by atoms with Crippen LogP contribution < -0.4 is 5.73 Å². The van der Waals surface area contributed by atoms with Crippen LogP contribution in [0.25, 0.3) is 11.1 Å². The summed E-state index contributed by atoms with van der Waals surface area (Å²) in [6.07, 6.45) is 0. The standard InChI is InChI=1S/C12H17N3O/c1-8(2)15(3)7-12-14-10-6-9(13)4-5-11(10)16-12/h4-6,8H,7,13H2,1-3H3. The Bertz CT molecular complexity index is 490. The molecule has 2 rings (SSSR count). The van der Waals surface area contributed by atoms with Gasteiger partial charge in [-0.1, -0.05) is 0 Å². The second-order valence-electron chi connectivity index (χ2n) is 4.34. The fourth-order valence-corrected chi connectivity index (χ4v) is 1.46. The summed E-state index contributed by atoms with van der Waals surface area (Å²) in [5.74, 6) is 0.733. The van der Waals surface area contributed by atoms with Crippen molar-refractivity contribution in [1.29, 1.82) is 0 Å². The molecule has 1 heterocycles. The minimum Gasteiger partial charge on any atom is -0.439 e. The maximum absolute atomic E-state index is 5.69. The molecule has 0 bridgehead atoms. The molecule has 16 heavy (non-hydrogen) atoms. The molecule has 2 N–H and O–H groups in total. The normalized spacial score (nSPS) is 11.8. The molecule has 0 saturated carbocycles. The van der Waals surface area contributed by atoms with Crippen molar-refractivity contribution in [1.82, 2.24) is 9.88 Å². The van der Waals surface area contributed by atoms with Gasteiger partial charge in [-0.25, -0.2) is 4.98 Å². The number of fused-ring (bicyclic) bond motifs is 1. The first-order valence-electron chi connectivity index (χ1n) is 5.41. The van der Waals surface area contributed by atoms with Gasteiger partial charge in [0.25, 0.3) is 0 Å². The molecule has 0 fully saturated rings. The number of aromatic nitrogens is 1. The van der Waals surface area contributed by atoms with Crippen LogP contribution in [0.1, 0.15) is 19.7 Å². The van der Waals surface area contributed by atoms with E-state index in [0.717, 1.165) is 17.0 Å². The maximum Gasteiger partial charge on any atom is 0.209 e. The minimum atomic E-state index is 0.472. The zero-order chi connectivity index (χ0) is 11.7. The van der Waals surface area contributed by atoms with Gasteiger partial charge in [0.2, 0.25) is 5.89 Å². The van der Waals surface area contributed by atoms with E-state index < -0.39 is 0 Å².